The van der Waals surface area contributed by atoms with Gasteiger partial charge in [0.1, 0.15) is 11.6 Å². The van der Waals surface area contributed by atoms with Crippen molar-refractivity contribution in [3.63, 3.8) is 0 Å². The van der Waals surface area contributed by atoms with Crippen LogP contribution in [-0.4, -0.2) is 27.8 Å². The molecule has 0 aliphatic heterocycles. The maximum atomic E-state index is 13.5. The first kappa shape index (κ1) is 16.7. The molecule has 1 aromatic heterocycles. The molecule has 1 N–H and O–H groups in total. The van der Waals surface area contributed by atoms with Gasteiger partial charge in [-0.05, 0) is 32.9 Å². The summed E-state index contributed by atoms with van der Waals surface area (Å²) in [5.41, 5.74) is -0.209. The van der Waals surface area contributed by atoms with Gasteiger partial charge in [0.15, 0.2) is 6.10 Å². The molecule has 7 heteroatoms. The lowest BCUT2D eigenvalue weighted by Crippen LogP contribution is -2.31. The molecule has 0 aliphatic carbocycles. The first-order valence-corrected chi connectivity index (χ1v) is 7.20. The van der Waals surface area contributed by atoms with Gasteiger partial charge in [-0.3, -0.25) is 4.79 Å². The first-order valence-electron chi connectivity index (χ1n) is 7.20. The van der Waals surface area contributed by atoms with Crippen LogP contribution in [-0.2, 0) is 9.53 Å². The minimum absolute atomic E-state index is 0.0663. The van der Waals surface area contributed by atoms with Gasteiger partial charge in [0.25, 0.3) is 5.91 Å². The van der Waals surface area contributed by atoms with Gasteiger partial charge in [0, 0.05) is 12.1 Å². The number of hydrogen-bond acceptors (Lipinski definition) is 4. The second kappa shape index (κ2) is 7.04. The largest absolute Gasteiger partial charge is 0.449 e. The highest BCUT2D eigenvalue weighted by Gasteiger charge is 2.22. The Morgan fingerprint density at radius 1 is 1.22 bits per heavy atom. The SMILES string of the molecule is CC(C)n1nccc1NC(=O)[C@H](C)OC(=O)c1ccccc1F. The van der Waals surface area contributed by atoms with Crippen LogP contribution in [0.25, 0.3) is 0 Å². The summed E-state index contributed by atoms with van der Waals surface area (Å²) in [7, 11) is 0. The van der Waals surface area contributed by atoms with Gasteiger partial charge in [-0.25, -0.2) is 13.9 Å². The number of carbonyl (C=O) groups is 2. The number of nitrogens with one attached hydrogen (secondary N) is 1. The van der Waals surface area contributed by atoms with Crippen LogP contribution < -0.4 is 5.32 Å². The highest BCUT2D eigenvalue weighted by Crippen LogP contribution is 2.14. The molecule has 2 rings (SSSR count). The minimum Gasteiger partial charge on any atom is -0.449 e. The molecule has 0 saturated heterocycles. The number of amides is 1. The zero-order valence-corrected chi connectivity index (χ0v) is 13.1. The van der Waals surface area contributed by atoms with E-state index >= 15 is 0 Å². The Hall–Kier alpha value is -2.70. The number of halogens is 1. The van der Waals surface area contributed by atoms with Crippen LogP contribution in [0.2, 0.25) is 0 Å². The van der Waals surface area contributed by atoms with E-state index in [0.29, 0.717) is 5.82 Å². The molecule has 0 saturated carbocycles. The predicted octanol–water partition coefficient (Wildman–Crippen LogP) is 2.79. The maximum Gasteiger partial charge on any atom is 0.341 e. The van der Waals surface area contributed by atoms with Crippen molar-refractivity contribution in [2.24, 2.45) is 0 Å². The van der Waals surface area contributed by atoms with E-state index in [0.717, 1.165) is 6.07 Å². The molecule has 23 heavy (non-hydrogen) atoms. The summed E-state index contributed by atoms with van der Waals surface area (Å²) in [6.45, 7) is 5.26. The lowest BCUT2D eigenvalue weighted by Gasteiger charge is -2.15. The van der Waals surface area contributed by atoms with Crippen molar-refractivity contribution in [1.29, 1.82) is 0 Å². The van der Waals surface area contributed by atoms with Gasteiger partial charge in [0.2, 0.25) is 0 Å². The van der Waals surface area contributed by atoms with Crippen LogP contribution in [0.15, 0.2) is 36.5 Å². The number of rotatable bonds is 5. The Morgan fingerprint density at radius 3 is 2.57 bits per heavy atom. The monoisotopic (exact) mass is 319 g/mol. The molecule has 1 aromatic carbocycles. The van der Waals surface area contributed by atoms with Crippen LogP contribution in [0.3, 0.4) is 0 Å². The molecule has 122 valence electrons. The summed E-state index contributed by atoms with van der Waals surface area (Å²) in [5.74, 6) is -1.60. The van der Waals surface area contributed by atoms with Crippen molar-refractivity contribution in [2.75, 3.05) is 5.32 Å². The van der Waals surface area contributed by atoms with Gasteiger partial charge >= 0.3 is 5.97 Å². The fourth-order valence-electron chi connectivity index (χ4n) is 1.96. The third kappa shape index (κ3) is 3.94. The van der Waals surface area contributed by atoms with Crippen LogP contribution in [0.4, 0.5) is 10.2 Å². The van der Waals surface area contributed by atoms with E-state index in [2.05, 4.69) is 10.4 Å². The molecule has 0 unspecified atom stereocenters. The van der Waals surface area contributed by atoms with Crippen LogP contribution >= 0.6 is 0 Å². The summed E-state index contributed by atoms with van der Waals surface area (Å²) in [4.78, 5) is 24.0. The van der Waals surface area contributed by atoms with Crippen molar-refractivity contribution in [2.45, 2.75) is 32.9 Å². The van der Waals surface area contributed by atoms with E-state index in [1.807, 2.05) is 13.8 Å². The molecule has 0 spiro atoms. The summed E-state index contributed by atoms with van der Waals surface area (Å²) >= 11 is 0. The van der Waals surface area contributed by atoms with Gasteiger partial charge < -0.3 is 10.1 Å². The minimum atomic E-state index is -1.07. The van der Waals surface area contributed by atoms with Crippen LogP contribution in [0.5, 0.6) is 0 Å². The molecule has 1 amide bonds. The number of nitrogens with zero attached hydrogens (tertiary/aromatic N) is 2. The normalized spacial score (nSPS) is 12.0. The lowest BCUT2D eigenvalue weighted by molar-refractivity contribution is -0.123. The molecule has 0 bridgehead atoms. The van der Waals surface area contributed by atoms with Crippen LogP contribution in [0, 0.1) is 5.82 Å². The summed E-state index contributed by atoms with van der Waals surface area (Å²) < 4.78 is 20.2. The van der Waals surface area contributed by atoms with E-state index in [4.69, 9.17) is 4.74 Å². The third-order valence-corrected chi connectivity index (χ3v) is 3.16. The molecular weight excluding hydrogens is 301 g/mol. The summed E-state index contributed by atoms with van der Waals surface area (Å²) in [6.07, 6.45) is 0.489. The van der Waals surface area contributed by atoms with E-state index < -0.39 is 23.8 Å². The van der Waals surface area contributed by atoms with E-state index in [-0.39, 0.29) is 11.6 Å². The van der Waals surface area contributed by atoms with Crippen molar-refractivity contribution in [3.8, 4) is 0 Å². The Bertz CT molecular complexity index is 712. The standard InChI is InChI=1S/C16H18FN3O3/c1-10(2)20-14(8-9-18-20)19-15(21)11(3)23-16(22)12-6-4-5-7-13(12)17/h4-11H,1-3H3,(H,19,21)/t11-/m0/s1. The molecule has 6 nitrogen and oxygen atoms in total. The molecule has 0 radical (unpaired) electrons. The van der Waals surface area contributed by atoms with Crippen molar-refractivity contribution >= 4 is 17.7 Å². The maximum absolute atomic E-state index is 13.5. The van der Waals surface area contributed by atoms with Gasteiger partial charge in [0.05, 0.1) is 11.8 Å². The number of anilines is 1. The Balaban J connectivity index is 2.01. The van der Waals surface area contributed by atoms with E-state index in [9.17, 15) is 14.0 Å². The second-order valence-electron chi connectivity index (χ2n) is 5.27. The smallest absolute Gasteiger partial charge is 0.341 e. The van der Waals surface area contributed by atoms with E-state index in [1.54, 1.807) is 16.9 Å². The highest BCUT2D eigenvalue weighted by molar-refractivity contribution is 5.96. The van der Waals surface area contributed by atoms with Gasteiger partial charge in [-0.1, -0.05) is 12.1 Å². The van der Waals surface area contributed by atoms with Crippen LogP contribution in [0.1, 0.15) is 37.2 Å². The zero-order chi connectivity index (χ0) is 17.0. The Labute approximate surface area is 133 Å². The van der Waals surface area contributed by atoms with Gasteiger partial charge in [-0.15, -0.1) is 0 Å². The highest BCUT2D eigenvalue weighted by atomic mass is 19.1. The van der Waals surface area contributed by atoms with Crippen molar-refractivity contribution < 1.29 is 18.7 Å². The molecule has 2 aromatic rings. The number of benzene rings is 1. The first-order chi connectivity index (χ1) is 10.9. The predicted molar refractivity (Wildman–Crippen MR) is 82.5 cm³/mol. The summed E-state index contributed by atoms with van der Waals surface area (Å²) in [6, 6.07) is 7.15. The van der Waals surface area contributed by atoms with Gasteiger partial charge in [-0.2, -0.15) is 5.10 Å². The summed E-state index contributed by atoms with van der Waals surface area (Å²) in [5, 5.41) is 6.73. The Kier molecular flexibility index (Phi) is 5.10. The average molecular weight is 319 g/mol. The number of esters is 1. The fraction of sp³-hybridized carbons (Fsp3) is 0.312. The zero-order valence-electron chi connectivity index (χ0n) is 13.1. The quantitative estimate of drug-likeness (QED) is 0.860. The Morgan fingerprint density at radius 2 is 1.91 bits per heavy atom. The van der Waals surface area contributed by atoms with E-state index in [1.165, 1.54) is 25.1 Å². The number of aromatic nitrogens is 2. The molecule has 0 fully saturated rings. The molecule has 0 aliphatic rings. The average Bonchev–Trinajstić information content (AvgIpc) is 2.95. The molecule has 1 atom stereocenters. The lowest BCUT2D eigenvalue weighted by atomic mass is 10.2. The number of carbonyl (C=O) groups excluding carboxylic acids is 2. The molecule has 1 heterocycles. The second-order valence-corrected chi connectivity index (χ2v) is 5.27. The number of ether oxygens (including phenoxy) is 1. The van der Waals surface area contributed by atoms with Crippen molar-refractivity contribution in [1.82, 2.24) is 9.78 Å². The fourth-order valence-corrected chi connectivity index (χ4v) is 1.96. The third-order valence-electron chi connectivity index (χ3n) is 3.16. The number of hydrogen-bond donors (Lipinski definition) is 1. The molecular formula is C16H18FN3O3. The van der Waals surface area contributed by atoms with Crippen molar-refractivity contribution in [3.05, 3.63) is 47.9 Å². The topological polar surface area (TPSA) is 73.2 Å².